The van der Waals surface area contributed by atoms with Gasteiger partial charge in [-0.3, -0.25) is 9.59 Å². The topological polar surface area (TPSA) is 73.2 Å². The number of amides is 1. The zero-order valence-corrected chi connectivity index (χ0v) is 15.9. The fourth-order valence-corrected chi connectivity index (χ4v) is 3.04. The van der Waals surface area contributed by atoms with E-state index in [4.69, 9.17) is 4.74 Å². The average molecular weight is 365 g/mol. The first-order valence-electron chi connectivity index (χ1n) is 8.84. The third kappa shape index (κ3) is 3.69. The van der Waals surface area contributed by atoms with E-state index in [1.165, 1.54) is 0 Å². The van der Waals surface area contributed by atoms with Crippen LogP contribution < -0.4 is 10.1 Å². The minimum atomic E-state index is -0.368. The van der Waals surface area contributed by atoms with Crippen LogP contribution in [0.15, 0.2) is 48.5 Å². The molecule has 2 atom stereocenters. The Bertz CT molecular complexity index is 976. The molecular weight excluding hydrogens is 342 g/mol. The molecule has 0 spiro atoms. The van der Waals surface area contributed by atoms with Crippen LogP contribution in [0.2, 0.25) is 0 Å². The zero-order valence-electron chi connectivity index (χ0n) is 15.9. The lowest BCUT2D eigenvalue weighted by molar-refractivity contribution is -0.119. The maximum atomic E-state index is 12.6. The Morgan fingerprint density at radius 3 is 2.37 bits per heavy atom. The minimum absolute atomic E-state index is 0.0353. The van der Waals surface area contributed by atoms with Crippen molar-refractivity contribution in [3.05, 3.63) is 59.9 Å². The van der Waals surface area contributed by atoms with E-state index in [0.29, 0.717) is 17.1 Å². The predicted octanol–water partition coefficient (Wildman–Crippen LogP) is 3.69. The van der Waals surface area contributed by atoms with Gasteiger partial charge in [0, 0.05) is 5.56 Å². The summed E-state index contributed by atoms with van der Waals surface area (Å²) in [6.45, 7) is 5.27. The van der Waals surface area contributed by atoms with Crippen molar-refractivity contribution < 1.29 is 14.3 Å². The number of benzene rings is 2. The van der Waals surface area contributed by atoms with Crippen LogP contribution in [0.5, 0.6) is 5.75 Å². The molecular formula is C21H23N3O3. The lowest BCUT2D eigenvalue weighted by atomic mass is 10.1. The first-order valence-corrected chi connectivity index (χ1v) is 8.84. The van der Waals surface area contributed by atoms with E-state index >= 15 is 0 Å². The van der Waals surface area contributed by atoms with Crippen LogP contribution in [0.4, 0.5) is 0 Å². The number of nitrogens with one attached hydrogen (secondary N) is 1. The number of imidazole rings is 1. The van der Waals surface area contributed by atoms with Gasteiger partial charge in [0.25, 0.3) is 5.91 Å². The summed E-state index contributed by atoms with van der Waals surface area (Å²) in [6.07, 6.45) is 0. The number of fused-ring (bicyclic) bond motifs is 1. The van der Waals surface area contributed by atoms with Crippen LogP contribution >= 0.6 is 0 Å². The largest absolute Gasteiger partial charge is 0.497 e. The fourth-order valence-electron chi connectivity index (χ4n) is 3.04. The van der Waals surface area contributed by atoms with Gasteiger partial charge in [0.15, 0.2) is 5.78 Å². The number of hydrogen-bond acceptors (Lipinski definition) is 4. The molecule has 2 unspecified atom stereocenters. The van der Waals surface area contributed by atoms with E-state index in [1.807, 2.05) is 42.7 Å². The van der Waals surface area contributed by atoms with E-state index in [1.54, 1.807) is 38.3 Å². The monoisotopic (exact) mass is 365 g/mol. The molecule has 0 bridgehead atoms. The fraction of sp³-hybridized carbons (Fsp3) is 0.286. The molecule has 1 N–H and O–H groups in total. The number of nitrogens with zero attached hydrogens (tertiary/aromatic N) is 2. The molecule has 1 amide bonds. The van der Waals surface area contributed by atoms with E-state index in [9.17, 15) is 9.59 Å². The van der Waals surface area contributed by atoms with Crippen molar-refractivity contribution in [1.29, 1.82) is 0 Å². The molecule has 0 fully saturated rings. The number of rotatable bonds is 6. The van der Waals surface area contributed by atoms with Crippen molar-refractivity contribution in [3.8, 4) is 5.75 Å². The number of Topliss-reactive ketones (excluding diaryl/α,β-unsaturated/α-hetero) is 1. The van der Waals surface area contributed by atoms with E-state index in [-0.39, 0.29) is 23.8 Å². The first kappa shape index (κ1) is 18.6. The molecule has 6 heteroatoms. The third-order valence-corrected chi connectivity index (χ3v) is 4.69. The molecule has 3 aromatic rings. The van der Waals surface area contributed by atoms with E-state index in [0.717, 1.165) is 11.0 Å². The lowest BCUT2D eigenvalue weighted by Crippen LogP contribution is -2.30. The summed E-state index contributed by atoms with van der Waals surface area (Å²) in [5.74, 6) is 1.17. The molecule has 0 aliphatic heterocycles. The Kier molecular flexibility index (Phi) is 5.26. The van der Waals surface area contributed by atoms with Crippen LogP contribution in [0.3, 0.4) is 0 Å². The van der Waals surface area contributed by atoms with Crippen LogP contribution in [0, 0.1) is 0 Å². The Hall–Kier alpha value is -3.15. The summed E-state index contributed by atoms with van der Waals surface area (Å²) in [6, 6.07) is 13.8. The van der Waals surface area contributed by atoms with Gasteiger partial charge in [-0.1, -0.05) is 12.1 Å². The highest BCUT2D eigenvalue weighted by atomic mass is 16.5. The highest BCUT2D eigenvalue weighted by molar-refractivity contribution is 5.94. The average Bonchev–Trinajstić information content (AvgIpc) is 3.06. The number of ether oxygens (including phenoxy) is 1. The second-order valence-corrected chi connectivity index (χ2v) is 6.54. The number of methoxy groups -OCH3 is 1. The van der Waals surface area contributed by atoms with Crippen LogP contribution in [0.1, 0.15) is 49.0 Å². The molecule has 3 rings (SSSR count). The van der Waals surface area contributed by atoms with E-state index in [2.05, 4.69) is 10.3 Å². The number of para-hydroxylation sites is 2. The Morgan fingerprint density at radius 1 is 1.07 bits per heavy atom. The quantitative estimate of drug-likeness (QED) is 0.723. The van der Waals surface area contributed by atoms with Gasteiger partial charge in [-0.15, -0.1) is 0 Å². The molecule has 0 aliphatic carbocycles. The normalized spacial score (nSPS) is 13.2. The van der Waals surface area contributed by atoms with Gasteiger partial charge >= 0.3 is 0 Å². The van der Waals surface area contributed by atoms with Crippen molar-refractivity contribution in [1.82, 2.24) is 14.9 Å². The maximum Gasteiger partial charge on any atom is 0.251 e. The van der Waals surface area contributed by atoms with Gasteiger partial charge in [-0.25, -0.2) is 4.98 Å². The second-order valence-electron chi connectivity index (χ2n) is 6.54. The number of hydrogen-bond donors (Lipinski definition) is 1. The second kappa shape index (κ2) is 7.61. The van der Waals surface area contributed by atoms with Crippen LogP contribution in [-0.2, 0) is 4.79 Å². The number of carbonyl (C=O) groups excluding carboxylic acids is 2. The highest BCUT2D eigenvalue weighted by Gasteiger charge is 2.23. The van der Waals surface area contributed by atoms with Crippen molar-refractivity contribution in [2.24, 2.45) is 0 Å². The van der Waals surface area contributed by atoms with Gasteiger partial charge in [0.2, 0.25) is 0 Å². The summed E-state index contributed by atoms with van der Waals surface area (Å²) in [5.41, 5.74) is 2.21. The molecule has 0 saturated carbocycles. The van der Waals surface area contributed by atoms with Gasteiger partial charge in [-0.05, 0) is 57.2 Å². The van der Waals surface area contributed by atoms with Gasteiger partial charge in [-0.2, -0.15) is 0 Å². The first-order chi connectivity index (χ1) is 12.9. The third-order valence-electron chi connectivity index (χ3n) is 4.69. The lowest BCUT2D eigenvalue weighted by Gasteiger charge is -2.19. The number of carbonyl (C=O) groups is 2. The zero-order chi connectivity index (χ0) is 19.6. The number of ketones is 1. The van der Waals surface area contributed by atoms with Crippen molar-refractivity contribution in [2.45, 2.75) is 32.9 Å². The number of aromatic nitrogens is 2. The van der Waals surface area contributed by atoms with Crippen molar-refractivity contribution in [2.75, 3.05) is 7.11 Å². The van der Waals surface area contributed by atoms with Gasteiger partial charge in [0.1, 0.15) is 11.6 Å². The van der Waals surface area contributed by atoms with Gasteiger partial charge in [0.05, 0.1) is 30.2 Å². The molecule has 0 radical (unpaired) electrons. The molecule has 0 aliphatic rings. The van der Waals surface area contributed by atoms with E-state index < -0.39 is 0 Å². The molecule has 6 nitrogen and oxygen atoms in total. The van der Waals surface area contributed by atoms with Gasteiger partial charge < -0.3 is 14.6 Å². The van der Waals surface area contributed by atoms with Crippen LogP contribution in [-0.4, -0.2) is 28.4 Å². The Morgan fingerprint density at radius 2 is 1.74 bits per heavy atom. The molecule has 2 aromatic carbocycles. The SMILES string of the molecule is COc1ccc(C(=O)NC(C)c2nc3ccccc3n2C(C)C(C)=O)cc1. The van der Waals surface area contributed by atoms with Crippen molar-refractivity contribution >= 4 is 22.7 Å². The summed E-state index contributed by atoms with van der Waals surface area (Å²) in [5, 5.41) is 2.97. The standard InChI is InChI=1S/C21H23N3O3/c1-13(22-21(26)16-9-11-17(27-4)12-10-16)20-23-18-7-5-6-8-19(18)24(20)14(2)15(3)25/h5-14H,1-4H3,(H,22,26). The summed E-state index contributed by atoms with van der Waals surface area (Å²) < 4.78 is 7.02. The molecule has 1 aromatic heterocycles. The molecule has 27 heavy (non-hydrogen) atoms. The smallest absolute Gasteiger partial charge is 0.251 e. The summed E-state index contributed by atoms with van der Waals surface area (Å²) >= 11 is 0. The molecule has 1 heterocycles. The molecule has 140 valence electrons. The molecule has 0 saturated heterocycles. The Balaban J connectivity index is 1.92. The van der Waals surface area contributed by atoms with Crippen LogP contribution in [0.25, 0.3) is 11.0 Å². The predicted molar refractivity (Wildman–Crippen MR) is 104 cm³/mol. The summed E-state index contributed by atoms with van der Waals surface area (Å²) in [7, 11) is 1.58. The highest BCUT2D eigenvalue weighted by Crippen LogP contribution is 2.26. The maximum absolute atomic E-state index is 12.6. The van der Waals surface area contributed by atoms with Crippen molar-refractivity contribution in [3.63, 3.8) is 0 Å². The minimum Gasteiger partial charge on any atom is -0.497 e. The summed E-state index contributed by atoms with van der Waals surface area (Å²) in [4.78, 5) is 29.3. The Labute approximate surface area is 158 Å².